The molecule has 0 aliphatic carbocycles. The highest BCUT2D eigenvalue weighted by Gasteiger charge is 2.02. The average Bonchev–Trinajstić information content (AvgIpc) is 1.99. The third-order valence-electron chi connectivity index (χ3n) is 1.29. The van der Waals surface area contributed by atoms with Gasteiger partial charge < -0.3 is 11.5 Å². The molecule has 0 radical (unpaired) electrons. The monoisotopic (exact) mass is 167 g/mol. The SMILES string of the molecule is N#Cc1cc(N)c(N)c(Cl)c1. The van der Waals surface area contributed by atoms with Gasteiger partial charge in [0.15, 0.2) is 0 Å². The zero-order chi connectivity index (χ0) is 8.43. The normalized spacial score (nSPS) is 9.09. The van der Waals surface area contributed by atoms with Gasteiger partial charge in [-0.15, -0.1) is 0 Å². The number of nitriles is 1. The first-order chi connectivity index (χ1) is 5.15. The van der Waals surface area contributed by atoms with E-state index in [1.54, 1.807) is 0 Å². The number of rotatable bonds is 0. The van der Waals surface area contributed by atoms with Crippen LogP contribution in [0.5, 0.6) is 0 Å². The quantitative estimate of drug-likeness (QED) is 0.573. The Morgan fingerprint density at radius 3 is 2.45 bits per heavy atom. The molecule has 0 aliphatic rings. The molecule has 3 nitrogen and oxygen atoms in total. The summed E-state index contributed by atoms with van der Waals surface area (Å²) in [6.07, 6.45) is 0. The molecule has 0 amide bonds. The lowest BCUT2D eigenvalue weighted by atomic mass is 10.2. The molecule has 0 saturated heterocycles. The number of nitrogens with two attached hydrogens (primary N) is 2. The first-order valence-electron chi connectivity index (χ1n) is 2.89. The molecule has 0 unspecified atom stereocenters. The highest BCUT2D eigenvalue weighted by atomic mass is 35.5. The van der Waals surface area contributed by atoms with Gasteiger partial charge in [0.25, 0.3) is 0 Å². The number of anilines is 2. The molecular weight excluding hydrogens is 162 g/mol. The molecule has 1 aromatic rings. The minimum atomic E-state index is 0.321. The van der Waals surface area contributed by atoms with Gasteiger partial charge in [0, 0.05) is 0 Å². The second kappa shape index (κ2) is 2.69. The molecule has 0 bridgehead atoms. The summed E-state index contributed by atoms with van der Waals surface area (Å²) in [6.45, 7) is 0. The maximum absolute atomic E-state index is 8.47. The van der Waals surface area contributed by atoms with Crippen molar-refractivity contribution >= 4 is 23.0 Å². The van der Waals surface area contributed by atoms with Gasteiger partial charge in [-0.3, -0.25) is 0 Å². The third kappa shape index (κ3) is 1.36. The molecule has 0 spiro atoms. The molecule has 1 rings (SSSR count). The first kappa shape index (κ1) is 7.70. The minimum Gasteiger partial charge on any atom is -0.397 e. The van der Waals surface area contributed by atoms with Gasteiger partial charge in [0.05, 0.1) is 28.0 Å². The van der Waals surface area contributed by atoms with Crippen LogP contribution in [0.3, 0.4) is 0 Å². The summed E-state index contributed by atoms with van der Waals surface area (Å²) in [5, 5.41) is 8.79. The van der Waals surface area contributed by atoms with Crippen LogP contribution >= 0.6 is 11.6 Å². The number of nitrogen functional groups attached to an aromatic ring is 2. The predicted molar refractivity (Wildman–Crippen MR) is 45.0 cm³/mol. The van der Waals surface area contributed by atoms with Crippen molar-refractivity contribution in [2.45, 2.75) is 0 Å². The minimum absolute atomic E-state index is 0.321. The molecule has 0 fully saturated rings. The van der Waals surface area contributed by atoms with Gasteiger partial charge in [0.1, 0.15) is 0 Å². The number of benzene rings is 1. The lowest BCUT2D eigenvalue weighted by Gasteiger charge is -2.01. The van der Waals surface area contributed by atoms with Crippen molar-refractivity contribution in [3.8, 4) is 6.07 Å². The van der Waals surface area contributed by atoms with Crippen LogP contribution in [0.15, 0.2) is 12.1 Å². The van der Waals surface area contributed by atoms with Crippen LogP contribution in [-0.4, -0.2) is 0 Å². The molecule has 0 aromatic heterocycles. The Labute approximate surface area is 69.2 Å². The van der Waals surface area contributed by atoms with E-state index in [2.05, 4.69) is 0 Å². The van der Waals surface area contributed by atoms with E-state index in [-0.39, 0.29) is 0 Å². The van der Waals surface area contributed by atoms with Crippen LogP contribution in [0.1, 0.15) is 5.56 Å². The van der Waals surface area contributed by atoms with Gasteiger partial charge in [-0.25, -0.2) is 0 Å². The maximum atomic E-state index is 8.47. The van der Waals surface area contributed by atoms with Crippen LogP contribution in [-0.2, 0) is 0 Å². The van der Waals surface area contributed by atoms with Crippen molar-refractivity contribution in [3.63, 3.8) is 0 Å². The Morgan fingerprint density at radius 1 is 1.36 bits per heavy atom. The van der Waals surface area contributed by atoms with Gasteiger partial charge in [-0.1, -0.05) is 11.6 Å². The summed E-state index contributed by atoms with van der Waals surface area (Å²) >= 11 is 5.64. The summed E-state index contributed by atoms with van der Waals surface area (Å²) in [7, 11) is 0. The van der Waals surface area contributed by atoms with Crippen LogP contribution < -0.4 is 11.5 Å². The average molecular weight is 168 g/mol. The molecule has 56 valence electrons. The molecule has 4 N–H and O–H groups in total. The van der Waals surface area contributed by atoms with E-state index in [0.717, 1.165) is 0 Å². The van der Waals surface area contributed by atoms with Crippen molar-refractivity contribution in [1.82, 2.24) is 0 Å². The lowest BCUT2D eigenvalue weighted by molar-refractivity contribution is 1.48. The van der Waals surface area contributed by atoms with E-state index in [0.29, 0.717) is 22.0 Å². The number of nitrogens with zero attached hydrogens (tertiary/aromatic N) is 1. The number of hydrogen-bond donors (Lipinski definition) is 2. The van der Waals surface area contributed by atoms with Crippen LogP contribution in [0.4, 0.5) is 11.4 Å². The number of hydrogen-bond acceptors (Lipinski definition) is 3. The fraction of sp³-hybridized carbons (Fsp3) is 0. The second-order valence-corrected chi connectivity index (χ2v) is 2.48. The molecule has 0 atom stereocenters. The van der Waals surface area contributed by atoms with Crippen LogP contribution in [0.25, 0.3) is 0 Å². The van der Waals surface area contributed by atoms with Crippen molar-refractivity contribution in [2.75, 3.05) is 11.5 Å². The fourth-order valence-electron chi connectivity index (χ4n) is 0.704. The molecule has 0 aliphatic heterocycles. The Bertz CT molecular complexity index is 304. The molecule has 0 saturated carbocycles. The van der Waals surface area contributed by atoms with E-state index in [1.165, 1.54) is 12.1 Å². The van der Waals surface area contributed by atoms with Crippen molar-refractivity contribution in [2.24, 2.45) is 0 Å². The largest absolute Gasteiger partial charge is 0.397 e. The topological polar surface area (TPSA) is 75.8 Å². The molecule has 1 aromatic carbocycles. The third-order valence-corrected chi connectivity index (χ3v) is 1.60. The van der Waals surface area contributed by atoms with Gasteiger partial charge in [-0.2, -0.15) is 5.26 Å². The zero-order valence-corrected chi connectivity index (χ0v) is 6.39. The van der Waals surface area contributed by atoms with E-state index < -0.39 is 0 Å². The Balaban J connectivity index is 3.35. The highest BCUT2D eigenvalue weighted by molar-refractivity contribution is 6.33. The summed E-state index contributed by atoms with van der Waals surface area (Å²) in [5.74, 6) is 0. The Hall–Kier alpha value is -1.40. The standard InChI is InChI=1S/C7H6ClN3/c8-5-1-4(3-9)2-6(10)7(5)11/h1-2H,10-11H2. The maximum Gasteiger partial charge on any atom is 0.0992 e. The summed E-state index contributed by atoms with van der Waals surface area (Å²) in [6, 6.07) is 4.88. The predicted octanol–water partition coefficient (Wildman–Crippen LogP) is 1.38. The molecule has 11 heavy (non-hydrogen) atoms. The first-order valence-corrected chi connectivity index (χ1v) is 3.27. The zero-order valence-electron chi connectivity index (χ0n) is 5.63. The number of halogens is 1. The second-order valence-electron chi connectivity index (χ2n) is 2.07. The summed E-state index contributed by atoms with van der Waals surface area (Å²) < 4.78 is 0. The van der Waals surface area contributed by atoms with Gasteiger partial charge >= 0.3 is 0 Å². The van der Waals surface area contributed by atoms with E-state index in [9.17, 15) is 0 Å². The van der Waals surface area contributed by atoms with E-state index >= 15 is 0 Å². The van der Waals surface area contributed by atoms with Gasteiger partial charge in [-0.05, 0) is 12.1 Å². The molecule has 4 heteroatoms. The van der Waals surface area contributed by atoms with Crippen molar-refractivity contribution < 1.29 is 0 Å². The van der Waals surface area contributed by atoms with E-state index in [1.807, 2.05) is 6.07 Å². The van der Waals surface area contributed by atoms with E-state index in [4.69, 9.17) is 28.3 Å². The highest BCUT2D eigenvalue weighted by Crippen LogP contribution is 2.26. The Kier molecular flexibility index (Phi) is 1.88. The van der Waals surface area contributed by atoms with Crippen LogP contribution in [0.2, 0.25) is 5.02 Å². The molecular formula is C7H6ClN3. The fourth-order valence-corrected chi connectivity index (χ4v) is 0.930. The summed E-state index contributed by atoms with van der Waals surface area (Å²) in [5.41, 5.74) is 12.0. The molecule has 0 heterocycles. The summed E-state index contributed by atoms with van der Waals surface area (Å²) in [4.78, 5) is 0. The van der Waals surface area contributed by atoms with Gasteiger partial charge in [0.2, 0.25) is 0 Å². The Morgan fingerprint density at radius 2 is 2.00 bits per heavy atom. The van der Waals surface area contributed by atoms with Crippen molar-refractivity contribution in [1.29, 1.82) is 5.26 Å². The lowest BCUT2D eigenvalue weighted by Crippen LogP contribution is -1.95. The van der Waals surface area contributed by atoms with Crippen LogP contribution in [0, 0.1) is 11.3 Å². The smallest absolute Gasteiger partial charge is 0.0992 e. The van der Waals surface area contributed by atoms with Crippen molar-refractivity contribution in [3.05, 3.63) is 22.7 Å².